The van der Waals surface area contributed by atoms with Crippen molar-refractivity contribution in [3.63, 3.8) is 0 Å². The quantitative estimate of drug-likeness (QED) is 0.508. The summed E-state index contributed by atoms with van der Waals surface area (Å²) in [4.78, 5) is 16.2. The Kier molecular flexibility index (Phi) is 6.53. The molecule has 0 amide bonds. The van der Waals surface area contributed by atoms with Gasteiger partial charge in [-0.2, -0.15) is 13.2 Å². The van der Waals surface area contributed by atoms with E-state index >= 15 is 0 Å². The molecule has 3 saturated heterocycles. The lowest BCUT2D eigenvalue weighted by Gasteiger charge is -2.31. The highest BCUT2D eigenvalue weighted by atomic mass is 32.1. The number of likely N-dealkylation sites (tertiary alicyclic amines) is 1. The number of rotatable bonds is 5. The zero-order chi connectivity index (χ0) is 25.6. The van der Waals surface area contributed by atoms with E-state index in [-0.39, 0.29) is 16.4 Å². The summed E-state index contributed by atoms with van der Waals surface area (Å²) in [6.07, 6.45) is 0.00860. The third-order valence-electron chi connectivity index (χ3n) is 8.15. The number of anilines is 2. The van der Waals surface area contributed by atoms with Crippen LogP contribution >= 0.6 is 11.3 Å². The van der Waals surface area contributed by atoms with Crippen molar-refractivity contribution in [1.29, 1.82) is 0 Å². The van der Waals surface area contributed by atoms with Crippen LogP contribution in [-0.2, 0) is 13.0 Å². The number of halogens is 3. The first-order valence-corrected chi connectivity index (χ1v) is 13.9. The Bertz CT molecular complexity index is 1240. The van der Waals surface area contributed by atoms with Gasteiger partial charge in [-0.25, -0.2) is 9.97 Å². The van der Waals surface area contributed by atoms with Gasteiger partial charge < -0.3 is 14.9 Å². The Morgan fingerprint density at radius 1 is 0.973 bits per heavy atom. The Balaban J connectivity index is 1.09. The molecule has 3 fully saturated rings. The molecule has 5 heterocycles. The van der Waals surface area contributed by atoms with Crippen molar-refractivity contribution >= 4 is 33.1 Å². The normalized spacial score (nSPS) is 23.7. The second-order valence-corrected chi connectivity index (χ2v) is 12.1. The molecular weight excluding hydrogens is 499 g/mol. The van der Waals surface area contributed by atoms with Gasteiger partial charge in [0.2, 0.25) is 0 Å². The maximum Gasteiger partial charge on any atom is 0.393 e. The molecule has 0 saturated carbocycles. The fourth-order valence-electron chi connectivity index (χ4n) is 6.21. The van der Waals surface area contributed by atoms with Gasteiger partial charge in [-0.05, 0) is 56.0 Å². The first-order valence-electron chi connectivity index (χ1n) is 13.0. The minimum atomic E-state index is -4.23. The highest BCUT2D eigenvalue weighted by Gasteiger charge is 2.44. The number of hydrogen-bond donors (Lipinski definition) is 1. The lowest BCUT2D eigenvalue weighted by molar-refractivity contribution is -0.126. The molecule has 37 heavy (non-hydrogen) atoms. The predicted molar refractivity (Wildman–Crippen MR) is 140 cm³/mol. The number of fused-ring (bicyclic) bond motifs is 1. The van der Waals surface area contributed by atoms with Crippen LogP contribution in [0.25, 0.3) is 10.2 Å². The van der Waals surface area contributed by atoms with E-state index in [2.05, 4.69) is 48.9 Å². The van der Waals surface area contributed by atoms with Gasteiger partial charge >= 0.3 is 6.18 Å². The fraction of sp³-hybridized carbons (Fsp3) is 0.556. The van der Waals surface area contributed by atoms with Gasteiger partial charge in [-0.3, -0.25) is 4.90 Å². The highest BCUT2D eigenvalue weighted by Crippen LogP contribution is 2.43. The summed E-state index contributed by atoms with van der Waals surface area (Å²) in [5, 5.41) is 9.75. The maximum absolute atomic E-state index is 12.9. The molecule has 0 bridgehead atoms. The van der Waals surface area contributed by atoms with E-state index < -0.39 is 12.6 Å². The number of thiophene rings is 1. The van der Waals surface area contributed by atoms with Crippen LogP contribution in [0.15, 0.2) is 36.7 Å². The monoisotopic (exact) mass is 531 g/mol. The van der Waals surface area contributed by atoms with E-state index in [1.807, 2.05) is 0 Å². The molecule has 10 heteroatoms. The lowest BCUT2D eigenvalue weighted by atomic mass is 9.86. The van der Waals surface area contributed by atoms with Crippen molar-refractivity contribution < 1.29 is 18.3 Å². The lowest BCUT2D eigenvalue weighted by Crippen LogP contribution is -2.35. The van der Waals surface area contributed by atoms with Gasteiger partial charge in [0.1, 0.15) is 12.1 Å². The summed E-state index contributed by atoms with van der Waals surface area (Å²) >= 11 is 1.17. The SMILES string of the molecule is OC1CCN(c2ccc(CN3CCC4(CCN(c5ncnc6cc(CC(F)(F)F)sc56)C4)C3)cc2)CC1. The summed E-state index contributed by atoms with van der Waals surface area (Å²) in [7, 11) is 0. The van der Waals surface area contributed by atoms with Crippen LogP contribution in [-0.4, -0.2) is 71.5 Å². The number of aliphatic hydroxyl groups is 1. The second kappa shape index (κ2) is 9.71. The molecule has 0 aliphatic carbocycles. The maximum atomic E-state index is 12.9. The molecule has 6 nitrogen and oxygen atoms in total. The van der Waals surface area contributed by atoms with Crippen molar-refractivity contribution in [1.82, 2.24) is 14.9 Å². The smallest absolute Gasteiger partial charge is 0.393 e. The van der Waals surface area contributed by atoms with Gasteiger partial charge in [0.25, 0.3) is 0 Å². The highest BCUT2D eigenvalue weighted by molar-refractivity contribution is 7.19. The number of alkyl halides is 3. The van der Waals surface area contributed by atoms with Crippen molar-refractivity contribution in [2.45, 2.75) is 50.9 Å². The molecule has 1 N–H and O–H groups in total. The molecule has 3 aliphatic heterocycles. The molecule has 1 unspecified atom stereocenters. The number of piperidine rings is 1. The van der Waals surface area contributed by atoms with Gasteiger partial charge in [-0.1, -0.05) is 12.1 Å². The van der Waals surface area contributed by atoms with Crippen molar-refractivity contribution in [3.05, 3.63) is 47.1 Å². The summed E-state index contributed by atoms with van der Waals surface area (Å²) in [6, 6.07) is 10.4. The molecule has 2 aromatic heterocycles. The van der Waals surface area contributed by atoms with E-state index in [9.17, 15) is 18.3 Å². The minimum absolute atomic E-state index is 0.165. The summed E-state index contributed by atoms with van der Waals surface area (Å²) in [5.41, 5.74) is 3.33. The van der Waals surface area contributed by atoms with Gasteiger partial charge in [0.15, 0.2) is 0 Å². The van der Waals surface area contributed by atoms with E-state index in [0.717, 1.165) is 82.0 Å². The van der Waals surface area contributed by atoms with Crippen LogP contribution in [0.4, 0.5) is 24.7 Å². The number of aliphatic hydroxyl groups excluding tert-OH is 1. The summed E-state index contributed by atoms with van der Waals surface area (Å²) in [6.45, 7) is 6.54. The molecule has 0 radical (unpaired) electrons. The molecule has 3 aliphatic rings. The molecular formula is C27H32F3N5OS. The van der Waals surface area contributed by atoms with Crippen molar-refractivity contribution in [3.8, 4) is 0 Å². The van der Waals surface area contributed by atoms with E-state index in [1.54, 1.807) is 6.07 Å². The Labute approximate surface area is 218 Å². The number of benzene rings is 1. The zero-order valence-electron chi connectivity index (χ0n) is 20.8. The molecule has 1 spiro atoms. The van der Waals surface area contributed by atoms with Gasteiger partial charge in [0, 0.05) is 55.2 Å². The van der Waals surface area contributed by atoms with Crippen LogP contribution in [0.5, 0.6) is 0 Å². The topological polar surface area (TPSA) is 55.7 Å². The van der Waals surface area contributed by atoms with Gasteiger partial charge in [-0.15, -0.1) is 11.3 Å². The molecule has 1 aromatic carbocycles. The second-order valence-electron chi connectivity index (χ2n) is 10.9. The van der Waals surface area contributed by atoms with Crippen LogP contribution in [0.1, 0.15) is 36.1 Å². The average Bonchev–Trinajstić information content (AvgIpc) is 3.57. The van der Waals surface area contributed by atoms with Crippen LogP contribution < -0.4 is 9.80 Å². The average molecular weight is 532 g/mol. The third-order valence-corrected chi connectivity index (χ3v) is 9.27. The van der Waals surface area contributed by atoms with Crippen LogP contribution in [0.3, 0.4) is 0 Å². The number of hydrogen-bond acceptors (Lipinski definition) is 7. The molecule has 6 rings (SSSR count). The summed E-state index contributed by atoms with van der Waals surface area (Å²) in [5.74, 6) is 0.777. The standard InChI is InChI=1S/C27H32F3N5OS/c28-27(29,30)14-22-13-23-24(37-22)25(32-18-31-23)35-12-8-26(17-35)7-11-33(16-26)15-19-1-3-20(4-2-19)34-9-5-21(36)6-10-34/h1-4,13,18,21,36H,5-12,14-17H2. The largest absolute Gasteiger partial charge is 0.393 e. The Morgan fingerprint density at radius 3 is 2.49 bits per heavy atom. The number of nitrogens with zero attached hydrogens (tertiary/aromatic N) is 5. The zero-order valence-corrected chi connectivity index (χ0v) is 21.6. The molecule has 1 atom stereocenters. The Hall–Kier alpha value is -2.43. The first-order chi connectivity index (χ1) is 17.8. The predicted octanol–water partition coefficient (Wildman–Crippen LogP) is 4.86. The van der Waals surface area contributed by atoms with E-state index in [1.165, 1.54) is 28.9 Å². The minimum Gasteiger partial charge on any atom is -0.393 e. The van der Waals surface area contributed by atoms with Crippen molar-refractivity contribution in [2.75, 3.05) is 49.1 Å². The Morgan fingerprint density at radius 2 is 1.73 bits per heavy atom. The third kappa shape index (κ3) is 5.42. The molecule has 198 valence electrons. The first kappa shape index (κ1) is 24.9. The van der Waals surface area contributed by atoms with Crippen LogP contribution in [0, 0.1) is 5.41 Å². The van der Waals surface area contributed by atoms with E-state index in [4.69, 9.17) is 0 Å². The number of aromatic nitrogens is 2. The van der Waals surface area contributed by atoms with E-state index in [0.29, 0.717) is 5.52 Å². The summed E-state index contributed by atoms with van der Waals surface area (Å²) < 4.78 is 39.5. The van der Waals surface area contributed by atoms with Crippen molar-refractivity contribution in [2.24, 2.45) is 5.41 Å². The fourth-order valence-corrected chi connectivity index (χ4v) is 7.37. The molecule has 3 aromatic rings. The van der Waals surface area contributed by atoms with Crippen LogP contribution in [0.2, 0.25) is 0 Å². The van der Waals surface area contributed by atoms with Gasteiger partial charge in [0.05, 0.1) is 22.7 Å².